The Labute approximate surface area is 83.2 Å². The first-order chi connectivity index (χ1) is 6.20. The monoisotopic (exact) mass is 204 g/mol. The summed E-state index contributed by atoms with van der Waals surface area (Å²) in [5.74, 6) is 0.698. The Bertz CT molecular complexity index is 168. The third-order valence-electron chi connectivity index (χ3n) is 1.50. The third-order valence-corrected chi connectivity index (χ3v) is 2.11. The maximum absolute atomic E-state index is 11.1. The summed E-state index contributed by atoms with van der Waals surface area (Å²) in [6.07, 6.45) is 3.06. The Hall–Kier alpha value is -0.510. The summed E-state index contributed by atoms with van der Waals surface area (Å²) in [4.78, 5) is 21.9. The third kappa shape index (κ3) is 7.84. The number of carbonyl (C=O) groups excluding carboxylic acids is 2. The molecule has 0 unspecified atom stereocenters. The summed E-state index contributed by atoms with van der Waals surface area (Å²) in [6, 6.07) is 0. The van der Waals surface area contributed by atoms with E-state index in [0.717, 1.165) is 5.75 Å². The zero-order valence-electron chi connectivity index (χ0n) is 8.17. The maximum Gasteiger partial charge on any atom is 0.306 e. The minimum absolute atomic E-state index is 0.141. The van der Waals surface area contributed by atoms with E-state index in [9.17, 15) is 9.59 Å². The fourth-order valence-electron chi connectivity index (χ4n) is 0.816. The predicted octanol–water partition coefficient (Wildman–Crippen LogP) is 1.65. The molecule has 0 fully saturated rings. The second kappa shape index (κ2) is 8.10. The number of hydrogen-bond donors (Lipinski definition) is 0. The summed E-state index contributed by atoms with van der Waals surface area (Å²) in [7, 11) is 0. The van der Waals surface area contributed by atoms with Crippen molar-refractivity contribution in [3.05, 3.63) is 0 Å². The Morgan fingerprint density at radius 2 is 1.92 bits per heavy atom. The van der Waals surface area contributed by atoms with Crippen LogP contribution >= 0.6 is 11.8 Å². The van der Waals surface area contributed by atoms with Gasteiger partial charge < -0.3 is 4.74 Å². The van der Waals surface area contributed by atoms with E-state index in [1.807, 2.05) is 6.26 Å². The van der Waals surface area contributed by atoms with Crippen molar-refractivity contribution in [2.24, 2.45) is 0 Å². The Morgan fingerprint density at radius 3 is 2.46 bits per heavy atom. The van der Waals surface area contributed by atoms with Gasteiger partial charge in [-0.05, 0) is 18.9 Å². The van der Waals surface area contributed by atoms with Gasteiger partial charge >= 0.3 is 5.97 Å². The number of ether oxygens (including phenoxy) is 1. The quantitative estimate of drug-likeness (QED) is 0.591. The fourth-order valence-corrected chi connectivity index (χ4v) is 1.25. The lowest BCUT2D eigenvalue weighted by atomic mass is 10.2. The van der Waals surface area contributed by atoms with Gasteiger partial charge in [0.15, 0.2) is 0 Å². The highest BCUT2D eigenvalue weighted by Gasteiger charge is 2.06. The van der Waals surface area contributed by atoms with Crippen LogP contribution in [0.25, 0.3) is 0 Å². The first kappa shape index (κ1) is 12.5. The van der Waals surface area contributed by atoms with E-state index in [1.165, 1.54) is 0 Å². The lowest BCUT2D eigenvalue weighted by molar-refractivity contribution is -0.144. The van der Waals surface area contributed by atoms with E-state index >= 15 is 0 Å². The highest BCUT2D eigenvalue weighted by molar-refractivity contribution is 7.98. The maximum atomic E-state index is 11.1. The highest BCUT2D eigenvalue weighted by atomic mass is 32.2. The first-order valence-electron chi connectivity index (χ1n) is 4.37. The van der Waals surface area contributed by atoms with Crippen molar-refractivity contribution in [2.45, 2.75) is 26.2 Å². The molecule has 0 aromatic carbocycles. The smallest absolute Gasteiger partial charge is 0.306 e. The lowest BCUT2D eigenvalue weighted by Gasteiger charge is -2.00. The van der Waals surface area contributed by atoms with Gasteiger partial charge in [0.05, 0.1) is 13.0 Å². The molecule has 0 bridgehead atoms. The molecule has 0 aromatic rings. The molecule has 0 radical (unpaired) electrons. The number of rotatable bonds is 7. The largest absolute Gasteiger partial charge is 0.466 e. The normalized spacial score (nSPS) is 9.69. The van der Waals surface area contributed by atoms with Crippen LogP contribution in [0, 0.1) is 0 Å². The molecule has 0 rings (SSSR count). The van der Waals surface area contributed by atoms with Crippen molar-refractivity contribution >= 4 is 23.5 Å². The highest BCUT2D eigenvalue weighted by Crippen LogP contribution is 2.02. The van der Waals surface area contributed by atoms with Crippen molar-refractivity contribution < 1.29 is 14.3 Å². The van der Waals surface area contributed by atoms with E-state index in [0.29, 0.717) is 19.4 Å². The van der Waals surface area contributed by atoms with Crippen LogP contribution in [-0.4, -0.2) is 30.4 Å². The molecule has 13 heavy (non-hydrogen) atoms. The average molecular weight is 204 g/mol. The van der Waals surface area contributed by atoms with Crippen LogP contribution in [0.5, 0.6) is 0 Å². The van der Waals surface area contributed by atoms with Crippen LogP contribution in [0.3, 0.4) is 0 Å². The summed E-state index contributed by atoms with van der Waals surface area (Å²) in [5, 5.41) is 0. The van der Waals surface area contributed by atoms with Gasteiger partial charge in [-0.2, -0.15) is 11.8 Å². The number of ketones is 1. The Balaban J connectivity index is 3.40. The van der Waals surface area contributed by atoms with Gasteiger partial charge in [-0.1, -0.05) is 0 Å². The molecule has 0 N–H and O–H groups in total. The zero-order chi connectivity index (χ0) is 10.1. The van der Waals surface area contributed by atoms with Crippen molar-refractivity contribution in [1.29, 1.82) is 0 Å². The molecule has 4 heteroatoms. The molecule has 0 amide bonds. The van der Waals surface area contributed by atoms with Crippen molar-refractivity contribution in [1.82, 2.24) is 0 Å². The minimum Gasteiger partial charge on any atom is -0.466 e. The second-order valence-electron chi connectivity index (χ2n) is 2.59. The van der Waals surface area contributed by atoms with Gasteiger partial charge in [0.2, 0.25) is 0 Å². The molecule has 0 aliphatic heterocycles. The SMILES string of the molecule is CCOC(=O)CCC(=O)CCSC. The number of carbonyl (C=O) groups is 2. The lowest BCUT2D eigenvalue weighted by Crippen LogP contribution is -2.08. The fraction of sp³-hybridized carbons (Fsp3) is 0.778. The van der Waals surface area contributed by atoms with Crippen LogP contribution in [0.15, 0.2) is 0 Å². The van der Waals surface area contributed by atoms with Gasteiger partial charge in [-0.25, -0.2) is 0 Å². The predicted molar refractivity (Wildman–Crippen MR) is 53.9 cm³/mol. The van der Waals surface area contributed by atoms with Crippen molar-refractivity contribution in [2.75, 3.05) is 18.6 Å². The van der Waals surface area contributed by atoms with E-state index in [4.69, 9.17) is 4.74 Å². The molecule has 0 aromatic heterocycles. The van der Waals surface area contributed by atoms with Crippen LogP contribution < -0.4 is 0 Å². The molecule has 0 aliphatic carbocycles. The number of thioether (sulfide) groups is 1. The van der Waals surface area contributed by atoms with Gasteiger partial charge in [0.1, 0.15) is 5.78 Å². The van der Waals surface area contributed by atoms with E-state index in [1.54, 1.807) is 18.7 Å². The molecule has 0 spiro atoms. The van der Waals surface area contributed by atoms with Gasteiger partial charge in [0.25, 0.3) is 0 Å². The van der Waals surface area contributed by atoms with E-state index in [2.05, 4.69) is 0 Å². The van der Waals surface area contributed by atoms with E-state index in [-0.39, 0.29) is 18.2 Å². The van der Waals surface area contributed by atoms with Gasteiger partial charge in [0, 0.05) is 12.8 Å². The molecule has 0 saturated carbocycles. The molecule has 0 atom stereocenters. The van der Waals surface area contributed by atoms with Crippen molar-refractivity contribution in [3.8, 4) is 0 Å². The number of Topliss-reactive ketones (excluding diaryl/α,β-unsaturated/α-hetero) is 1. The molecule has 0 heterocycles. The topological polar surface area (TPSA) is 43.4 Å². The molecule has 0 saturated heterocycles. The summed E-state index contributed by atoms with van der Waals surface area (Å²) in [5.41, 5.74) is 0. The molecule has 3 nitrogen and oxygen atoms in total. The summed E-state index contributed by atoms with van der Waals surface area (Å²) >= 11 is 1.64. The summed E-state index contributed by atoms with van der Waals surface area (Å²) in [6.45, 7) is 2.14. The zero-order valence-corrected chi connectivity index (χ0v) is 8.99. The molecule has 0 aliphatic rings. The van der Waals surface area contributed by atoms with Crippen LogP contribution in [0.4, 0.5) is 0 Å². The van der Waals surface area contributed by atoms with E-state index < -0.39 is 0 Å². The molecule has 76 valence electrons. The minimum atomic E-state index is -0.278. The van der Waals surface area contributed by atoms with Crippen LogP contribution in [0.1, 0.15) is 26.2 Å². The second-order valence-corrected chi connectivity index (χ2v) is 3.57. The number of esters is 1. The van der Waals surface area contributed by atoms with Gasteiger partial charge in [-0.3, -0.25) is 9.59 Å². The van der Waals surface area contributed by atoms with Crippen molar-refractivity contribution in [3.63, 3.8) is 0 Å². The average Bonchev–Trinajstić information content (AvgIpc) is 2.12. The van der Waals surface area contributed by atoms with Crippen LogP contribution in [-0.2, 0) is 14.3 Å². The molecular formula is C9H16O3S. The molecular weight excluding hydrogens is 188 g/mol. The Morgan fingerprint density at radius 1 is 1.23 bits per heavy atom. The Kier molecular flexibility index (Phi) is 7.79. The van der Waals surface area contributed by atoms with Gasteiger partial charge in [-0.15, -0.1) is 0 Å². The van der Waals surface area contributed by atoms with Crippen LogP contribution in [0.2, 0.25) is 0 Å². The first-order valence-corrected chi connectivity index (χ1v) is 5.76. The number of hydrogen-bond acceptors (Lipinski definition) is 4. The standard InChI is InChI=1S/C9H16O3S/c1-3-12-9(11)5-4-8(10)6-7-13-2/h3-7H2,1-2H3. The summed E-state index contributed by atoms with van der Waals surface area (Å²) < 4.78 is 4.70.